The van der Waals surface area contributed by atoms with Gasteiger partial charge in [-0.1, -0.05) is 24.3 Å². The molecule has 20 heavy (non-hydrogen) atoms. The Morgan fingerprint density at radius 1 is 1.45 bits per heavy atom. The molecule has 0 bridgehead atoms. The summed E-state index contributed by atoms with van der Waals surface area (Å²) in [7, 11) is 0. The minimum absolute atomic E-state index is 0.0998. The molecule has 2 N–H and O–H groups in total. The van der Waals surface area contributed by atoms with Crippen LogP contribution in [0.15, 0.2) is 24.3 Å². The van der Waals surface area contributed by atoms with Gasteiger partial charge in [0.1, 0.15) is 0 Å². The third-order valence-electron chi connectivity index (χ3n) is 3.61. The molecule has 0 saturated heterocycles. The van der Waals surface area contributed by atoms with E-state index in [9.17, 15) is 4.79 Å². The summed E-state index contributed by atoms with van der Waals surface area (Å²) in [6, 6.07) is 8.94. The Labute approximate surface area is 120 Å². The number of rotatable bonds is 6. The Kier molecular flexibility index (Phi) is 6.02. The topological polar surface area (TPSA) is 50.4 Å². The van der Waals surface area contributed by atoms with Gasteiger partial charge in [-0.05, 0) is 44.0 Å². The molecule has 1 aliphatic rings. The Morgan fingerprint density at radius 3 is 3.15 bits per heavy atom. The number of esters is 1. The van der Waals surface area contributed by atoms with Crippen LogP contribution in [-0.2, 0) is 16.1 Å². The van der Waals surface area contributed by atoms with Crippen molar-refractivity contribution in [3.63, 3.8) is 0 Å². The average molecular weight is 276 g/mol. The van der Waals surface area contributed by atoms with E-state index in [2.05, 4.69) is 34.9 Å². The first-order valence-corrected chi connectivity index (χ1v) is 7.48. The van der Waals surface area contributed by atoms with Crippen molar-refractivity contribution in [2.24, 2.45) is 0 Å². The molecule has 1 atom stereocenters. The van der Waals surface area contributed by atoms with Crippen molar-refractivity contribution < 1.29 is 9.53 Å². The van der Waals surface area contributed by atoms with Crippen LogP contribution in [0.1, 0.15) is 43.4 Å². The van der Waals surface area contributed by atoms with E-state index in [1.54, 1.807) is 0 Å². The monoisotopic (exact) mass is 276 g/mol. The van der Waals surface area contributed by atoms with Crippen molar-refractivity contribution in [3.05, 3.63) is 35.4 Å². The van der Waals surface area contributed by atoms with Gasteiger partial charge in [0.05, 0.1) is 6.61 Å². The number of fused-ring (bicyclic) bond motifs is 1. The van der Waals surface area contributed by atoms with Crippen molar-refractivity contribution in [3.8, 4) is 0 Å². The highest BCUT2D eigenvalue weighted by Crippen LogP contribution is 2.23. The van der Waals surface area contributed by atoms with Crippen LogP contribution in [0.25, 0.3) is 0 Å². The molecular weight excluding hydrogens is 252 g/mol. The molecule has 0 fully saturated rings. The second-order valence-electron chi connectivity index (χ2n) is 5.08. The summed E-state index contributed by atoms with van der Waals surface area (Å²) in [5, 5.41) is 7.01. The van der Waals surface area contributed by atoms with Crippen LogP contribution >= 0.6 is 0 Å². The Morgan fingerprint density at radius 2 is 2.30 bits per heavy atom. The number of hydrogen-bond donors (Lipinski definition) is 2. The van der Waals surface area contributed by atoms with Crippen molar-refractivity contribution in [2.75, 3.05) is 19.7 Å². The molecule has 1 aliphatic heterocycles. The van der Waals surface area contributed by atoms with E-state index in [0.717, 1.165) is 32.5 Å². The molecule has 1 unspecified atom stereocenters. The van der Waals surface area contributed by atoms with Crippen molar-refractivity contribution in [1.82, 2.24) is 10.6 Å². The van der Waals surface area contributed by atoms with Crippen molar-refractivity contribution >= 4 is 5.97 Å². The molecule has 2 rings (SSSR count). The molecule has 0 aromatic heterocycles. The fourth-order valence-corrected chi connectivity index (χ4v) is 2.61. The van der Waals surface area contributed by atoms with Crippen LogP contribution in [0.2, 0.25) is 0 Å². The zero-order valence-electron chi connectivity index (χ0n) is 12.2. The van der Waals surface area contributed by atoms with E-state index in [1.165, 1.54) is 11.1 Å². The molecule has 1 heterocycles. The summed E-state index contributed by atoms with van der Waals surface area (Å²) in [4.78, 5) is 11.3. The van der Waals surface area contributed by atoms with Gasteiger partial charge in [0.15, 0.2) is 0 Å². The summed E-state index contributed by atoms with van der Waals surface area (Å²) < 4.78 is 4.93. The van der Waals surface area contributed by atoms with Crippen LogP contribution in [0.5, 0.6) is 0 Å². The van der Waals surface area contributed by atoms with Crippen molar-refractivity contribution in [2.45, 2.75) is 38.8 Å². The highest BCUT2D eigenvalue weighted by Gasteiger charge is 2.17. The van der Waals surface area contributed by atoms with Crippen LogP contribution in [0, 0.1) is 0 Å². The maximum absolute atomic E-state index is 11.3. The van der Waals surface area contributed by atoms with E-state index in [-0.39, 0.29) is 5.97 Å². The quantitative estimate of drug-likeness (QED) is 0.617. The predicted molar refractivity (Wildman–Crippen MR) is 79.4 cm³/mol. The van der Waals surface area contributed by atoms with E-state index in [1.807, 2.05) is 6.92 Å². The van der Waals surface area contributed by atoms with Gasteiger partial charge in [0.2, 0.25) is 0 Å². The van der Waals surface area contributed by atoms with Gasteiger partial charge in [-0.2, -0.15) is 0 Å². The lowest BCUT2D eigenvalue weighted by Crippen LogP contribution is -2.24. The SMILES string of the molecule is CCOC(=O)CCCNC1CCNCc2ccccc21. The molecule has 1 aromatic carbocycles. The first-order chi connectivity index (χ1) is 9.81. The molecule has 4 heteroatoms. The van der Waals surface area contributed by atoms with E-state index in [0.29, 0.717) is 19.1 Å². The molecule has 0 aliphatic carbocycles. The third-order valence-corrected chi connectivity index (χ3v) is 3.61. The molecule has 0 spiro atoms. The number of hydrogen-bond acceptors (Lipinski definition) is 4. The largest absolute Gasteiger partial charge is 0.466 e. The van der Waals surface area contributed by atoms with Gasteiger partial charge >= 0.3 is 5.97 Å². The molecule has 1 aromatic rings. The van der Waals surface area contributed by atoms with Gasteiger partial charge in [-0.15, -0.1) is 0 Å². The summed E-state index contributed by atoms with van der Waals surface area (Å²) in [5.74, 6) is -0.0998. The highest BCUT2D eigenvalue weighted by molar-refractivity contribution is 5.69. The molecular formula is C16H24N2O2. The fraction of sp³-hybridized carbons (Fsp3) is 0.562. The number of carbonyl (C=O) groups excluding carboxylic acids is 1. The lowest BCUT2D eigenvalue weighted by molar-refractivity contribution is -0.143. The van der Waals surface area contributed by atoms with Gasteiger partial charge in [0, 0.05) is 19.0 Å². The summed E-state index contributed by atoms with van der Waals surface area (Å²) in [6.45, 7) is 5.11. The minimum atomic E-state index is -0.0998. The lowest BCUT2D eigenvalue weighted by Gasteiger charge is -2.18. The number of ether oxygens (including phenoxy) is 1. The van der Waals surface area contributed by atoms with E-state index < -0.39 is 0 Å². The van der Waals surface area contributed by atoms with Crippen LogP contribution < -0.4 is 10.6 Å². The summed E-state index contributed by atoms with van der Waals surface area (Å²) in [5.41, 5.74) is 2.75. The van der Waals surface area contributed by atoms with Crippen molar-refractivity contribution in [1.29, 1.82) is 0 Å². The average Bonchev–Trinajstić information content (AvgIpc) is 2.66. The summed E-state index contributed by atoms with van der Waals surface area (Å²) in [6.07, 6.45) is 2.40. The van der Waals surface area contributed by atoms with E-state index in [4.69, 9.17) is 4.74 Å². The maximum Gasteiger partial charge on any atom is 0.305 e. The zero-order chi connectivity index (χ0) is 14.2. The van der Waals surface area contributed by atoms with Crippen LogP contribution in [0.4, 0.5) is 0 Å². The maximum atomic E-state index is 11.3. The number of nitrogens with one attached hydrogen (secondary N) is 2. The van der Waals surface area contributed by atoms with Crippen LogP contribution in [0.3, 0.4) is 0 Å². The minimum Gasteiger partial charge on any atom is -0.466 e. The zero-order valence-corrected chi connectivity index (χ0v) is 12.2. The number of carbonyl (C=O) groups is 1. The Hall–Kier alpha value is -1.39. The highest BCUT2D eigenvalue weighted by atomic mass is 16.5. The van der Waals surface area contributed by atoms with E-state index >= 15 is 0 Å². The Balaban J connectivity index is 1.82. The first kappa shape index (κ1) is 15.0. The second kappa shape index (κ2) is 8.02. The van der Waals surface area contributed by atoms with Gasteiger partial charge in [0.25, 0.3) is 0 Å². The smallest absolute Gasteiger partial charge is 0.305 e. The van der Waals surface area contributed by atoms with Crippen LogP contribution in [-0.4, -0.2) is 25.7 Å². The molecule has 0 amide bonds. The standard InChI is InChI=1S/C16H24N2O2/c1-2-20-16(19)8-5-10-18-15-9-11-17-12-13-6-3-4-7-14(13)15/h3-4,6-7,15,17-18H,2,5,8-12H2,1H3. The Bertz CT molecular complexity index is 434. The normalized spacial score (nSPS) is 18.1. The second-order valence-corrected chi connectivity index (χ2v) is 5.08. The molecule has 0 radical (unpaired) electrons. The molecule has 110 valence electrons. The lowest BCUT2D eigenvalue weighted by atomic mass is 9.99. The summed E-state index contributed by atoms with van der Waals surface area (Å²) >= 11 is 0. The number of benzene rings is 1. The van der Waals surface area contributed by atoms with Gasteiger partial charge in [-0.25, -0.2) is 0 Å². The molecule has 4 nitrogen and oxygen atoms in total. The third kappa shape index (κ3) is 4.32. The first-order valence-electron chi connectivity index (χ1n) is 7.48. The predicted octanol–water partition coefficient (Wildman–Crippen LogP) is 2.15. The fourth-order valence-electron chi connectivity index (χ4n) is 2.61. The molecule has 0 saturated carbocycles. The van der Waals surface area contributed by atoms with Gasteiger partial charge < -0.3 is 15.4 Å². The van der Waals surface area contributed by atoms with Gasteiger partial charge in [-0.3, -0.25) is 4.79 Å².